The van der Waals surface area contributed by atoms with Crippen LogP contribution in [0.15, 0.2) is 61.1 Å². The van der Waals surface area contributed by atoms with Gasteiger partial charge in [-0.15, -0.1) is 0 Å². The summed E-state index contributed by atoms with van der Waals surface area (Å²) in [5.74, 6) is -1.00. The van der Waals surface area contributed by atoms with E-state index in [-0.39, 0.29) is 18.4 Å². The number of H-pyrrole nitrogens is 1. The molecule has 0 aliphatic heterocycles. The van der Waals surface area contributed by atoms with E-state index in [1.807, 2.05) is 12.1 Å². The predicted molar refractivity (Wildman–Crippen MR) is 142 cm³/mol. The van der Waals surface area contributed by atoms with Crippen molar-refractivity contribution in [2.24, 2.45) is 5.73 Å². The Kier molecular flexibility index (Phi) is 7.12. The summed E-state index contributed by atoms with van der Waals surface area (Å²) >= 11 is 0. The Balaban J connectivity index is 1.55. The number of carbonyl (C=O) groups is 3. The number of fused-ring (bicyclic) bond motifs is 1. The number of nitrogens with zero attached hydrogens (tertiary/aromatic N) is 2. The van der Waals surface area contributed by atoms with Gasteiger partial charge in [-0.2, -0.15) is 9.78 Å². The molecule has 0 aliphatic carbocycles. The number of aromatic nitrogens is 3. The molecule has 1 unspecified atom stereocenters. The SMILES string of the molecule is CC(=O)Nc1ccc(C(CN)C(=O)Nc2cccc3c(-c4cnn(C(=O)OC(C)(C)C)c4)c[nH]c23)cc1. The summed E-state index contributed by atoms with van der Waals surface area (Å²) in [4.78, 5) is 40.0. The first-order valence-electron chi connectivity index (χ1n) is 11.8. The molecule has 0 bridgehead atoms. The Morgan fingerprint density at radius 3 is 2.49 bits per heavy atom. The van der Waals surface area contributed by atoms with Crippen LogP contribution in [0, 0.1) is 0 Å². The molecule has 0 saturated carbocycles. The van der Waals surface area contributed by atoms with E-state index in [2.05, 4.69) is 20.7 Å². The van der Waals surface area contributed by atoms with Gasteiger partial charge in [0, 0.05) is 48.1 Å². The van der Waals surface area contributed by atoms with E-state index in [0.717, 1.165) is 32.3 Å². The van der Waals surface area contributed by atoms with Crippen molar-refractivity contribution in [2.45, 2.75) is 39.2 Å². The monoisotopic (exact) mass is 502 g/mol. The first-order chi connectivity index (χ1) is 17.6. The maximum Gasteiger partial charge on any atom is 0.435 e. The maximum absolute atomic E-state index is 13.2. The Labute approximate surface area is 214 Å². The van der Waals surface area contributed by atoms with Crippen molar-refractivity contribution in [3.63, 3.8) is 0 Å². The summed E-state index contributed by atoms with van der Waals surface area (Å²) in [7, 11) is 0. The van der Waals surface area contributed by atoms with Crippen LogP contribution in [0.1, 0.15) is 39.2 Å². The molecule has 10 heteroatoms. The molecular weight excluding hydrogens is 472 g/mol. The van der Waals surface area contributed by atoms with Crippen molar-refractivity contribution in [2.75, 3.05) is 17.2 Å². The van der Waals surface area contributed by atoms with Crippen molar-refractivity contribution in [3.8, 4) is 11.1 Å². The Morgan fingerprint density at radius 1 is 1.11 bits per heavy atom. The van der Waals surface area contributed by atoms with Gasteiger partial charge in [0.2, 0.25) is 11.8 Å². The fourth-order valence-corrected chi connectivity index (χ4v) is 3.98. The molecule has 2 heterocycles. The van der Waals surface area contributed by atoms with E-state index in [9.17, 15) is 14.4 Å². The van der Waals surface area contributed by atoms with E-state index >= 15 is 0 Å². The van der Waals surface area contributed by atoms with Gasteiger partial charge in [0.15, 0.2) is 0 Å². The average Bonchev–Trinajstić information content (AvgIpc) is 3.47. The maximum atomic E-state index is 13.2. The summed E-state index contributed by atoms with van der Waals surface area (Å²) in [6.07, 6.45) is 4.44. The third kappa shape index (κ3) is 5.87. The number of para-hydroxylation sites is 1. The van der Waals surface area contributed by atoms with E-state index < -0.39 is 17.6 Å². The second kappa shape index (κ2) is 10.3. The van der Waals surface area contributed by atoms with Crippen LogP contribution in [-0.2, 0) is 14.3 Å². The lowest BCUT2D eigenvalue weighted by Gasteiger charge is -2.18. The minimum absolute atomic E-state index is 0.112. The molecule has 5 N–H and O–H groups in total. The lowest BCUT2D eigenvalue weighted by Crippen LogP contribution is -2.27. The van der Waals surface area contributed by atoms with Crippen LogP contribution < -0.4 is 16.4 Å². The summed E-state index contributed by atoms with van der Waals surface area (Å²) in [5, 5.41) is 10.7. The fourth-order valence-electron chi connectivity index (χ4n) is 3.98. The minimum atomic E-state index is -0.633. The van der Waals surface area contributed by atoms with E-state index in [4.69, 9.17) is 10.5 Å². The van der Waals surface area contributed by atoms with Gasteiger partial charge in [0.25, 0.3) is 0 Å². The van der Waals surface area contributed by atoms with E-state index in [1.54, 1.807) is 69.7 Å². The number of benzene rings is 2. The highest BCUT2D eigenvalue weighted by Crippen LogP contribution is 2.33. The lowest BCUT2D eigenvalue weighted by atomic mass is 9.97. The number of hydrogen-bond acceptors (Lipinski definition) is 6. The zero-order valence-electron chi connectivity index (χ0n) is 21.2. The fraction of sp³-hybridized carbons (Fsp3) is 0.259. The number of amides is 2. The largest absolute Gasteiger partial charge is 0.442 e. The molecular formula is C27H30N6O4. The van der Waals surface area contributed by atoms with Crippen molar-refractivity contribution in [1.82, 2.24) is 14.8 Å². The molecule has 1 atom stereocenters. The van der Waals surface area contributed by atoms with Crippen molar-refractivity contribution in [3.05, 3.63) is 66.6 Å². The first kappa shape index (κ1) is 25.6. The molecule has 0 radical (unpaired) electrons. The number of ether oxygens (including phenoxy) is 1. The Hall–Kier alpha value is -4.44. The Bertz CT molecular complexity index is 1450. The van der Waals surface area contributed by atoms with Crippen molar-refractivity contribution >= 4 is 40.2 Å². The standard InChI is InChI=1S/C27H30N6O4/c1-16(34)31-19-10-8-17(9-11-19)21(12-28)25(35)32-23-7-5-6-20-22(14-29-24(20)23)18-13-30-33(15-18)26(36)37-27(2,3)4/h5-11,13-15,21,29H,12,28H2,1-4H3,(H,31,34)(H,32,35). The number of aromatic amines is 1. The highest BCUT2D eigenvalue weighted by Gasteiger charge is 2.22. The molecule has 4 rings (SSSR count). The number of nitrogens with one attached hydrogen (secondary N) is 3. The van der Waals surface area contributed by atoms with Gasteiger partial charge in [0.1, 0.15) is 5.60 Å². The number of hydrogen-bond donors (Lipinski definition) is 4. The van der Waals surface area contributed by atoms with Crippen LogP contribution in [0.3, 0.4) is 0 Å². The predicted octanol–water partition coefficient (Wildman–Crippen LogP) is 4.45. The van der Waals surface area contributed by atoms with Gasteiger partial charge in [-0.05, 0) is 44.5 Å². The van der Waals surface area contributed by atoms with Crippen LogP contribution in [0.4, 0.5) is 16.2 Å². The zero-order chi connectivity index (χ0) is 26.7. The molecule has 37 heavy (non-hydrogen) atoms. The number of nitrogens with two attached hydrogens (primary N) is 1. The number of carbonyl (C=O) groups excluding carboxylic acids is 3. The van der Waals surface area contributed by atoms with Crippen LogP contribution in [0.5, 0.6) is 0 Å². The molecule has 10 nitrogen and oxygen atoms in total. The normalized spacial score (nSPS) is 12.2. The van der Waals surface area contributed by atoms with Crippen LogP contribution in [0.25, 0.3) is 22.0 Å². The summed E-state index contributed by atoms with van der Waals surface area (Å²) in [5.41, 5.74) is 9.57. The molecule has 2 aromatic heterocycles. The third-order valence-corrected chi connectivity index (χ3v) is 5.63. The summed E-state index contributed by atoms with van der Waals surface area (Å²) in [6.45, 7) is 6.92. The molecule has 2 amide bonds. The summed E-state index contributed by atoms with van der Waals surface area (Å²) < 4.78 is 6.54. The first-order valence-corrected chi connectivity index (χ1v) is 11.8. The third-order valence-electron chi connectivity index (χ3n) is 5.63. The lowest BCUT2D eigenvalue weighted by molar-refractivity contribution is -0.117. The van der Waals surface area contributed by atoms with Gasteiger partial charge < -0.3 is 26.1 Å². The number of anilines is 2. The van der Waals surface area contributed by atoms with E-state index in [0.29, 0.717) is 11.4 Å². The molecule has 4 aromatic rings. The quantitative estimate of drug-likeness (QED) is 0.307. The van der Waals surface area contributed by atoms with Gasteiger partial charge in [-0.1, -0.05) is 24.3 Å². The summed E-state index contributed by atoms with van der Waals surface area (Å²) in [6, 6.07) is 12.6. The van der Waals surface area contributed by atoms with Crippen LogP contribution in [-0.4, -0.2) is 44.8 Å². The van der Waals surface area contributed by atoms with Crippen LogP contribution >= 0.6 is 0 Å². The second-order valence-corrected chi connectivity index (χ2v) is 9.67. The molecule has 2 aromatic carbocycles. The highest BCUT2D eigenvalue weighted by molar-refractivity contribution is 6.07. The smallest absolute Gasteiger partial charge is 0.435 e. The van der Waals surface area contributed by atoms with Crippen LogP contribution in [0.2, 0.25) is 0 Å². The second-order valence-electron chi connectivity index (χ2n) is 9.67. The molecule has 192 valence electrons. The molecule has 0 aliphatic rings. The van der Waals surface area contributed by atoms with E-state index in [1.165, 1.54) is 6.92 Å². The molecule has 0 saturated heterocycles. The van der Waals surface area contributed by atoms with Gasteiger partial charge >= 0.3 is 6.09 Å². The Morgan fingerprint density at radius 2 is 1.84 bits per heavy atom. The van der Waals surface area contributed by atoms with Gasteiger partial charge in [0.05, 0.1) is 23.3 Å². The minimum Gasteiger partial charge on any atom is -0.442 e. The average molecular weight is 503 g/mol. The van der Waals surface area contributed by atoms with Crippen molar-refractivity contribution < 1.29 is 19.1 Å². The molecule has 0 fully saturated rings. The van der Waals surface area contributed by atoms with Crippen molar-refractivity contribution in [1.29, 1.82) is 0 Å². The van der Waals surface area contributed by atoms with Gasteiger partial charge in [-0.25, -0.2) is 4.79 Å². The highest BCUT2D eigenvalue weighted by atomic mass is 16.6. The topological polar surface area (TPSA) is 144 Å². The molecule has 0 spiro atoms. The number of rotatable bonds is 6. The zero-order valence-corrected chi connectivity index (χ0v) is 21.2. The van der Waals surface area contributed by atoms with Gasteiger partial charge in [-0.3, -0.25) is 9.59 Å².